The third-order valence-electron chi connectivity index (χ3n) is 2.42. The standard InChI is InChI=1S/C13H18N2O2/c1-3-5-7-10(6-4-2)14-11-8-9-12(16)15-13(11)17/h3,5-7,11,14H,1,4,8-9H2,2H3,(H,15,16,17)/b7-5-,10-6+. The van der Waals surface area contributed by atoms with Gasteiger partial charge in [0, 0.05) is 12.1 Å². The van der Waals surface area contributed by atoms with Crippen LogP contribution in [0.25, 0.3) is 0 Å². The summed E-state index contributed by atoms with van der Waals surface area (Å²) >= 11 is 0. The van der Waals surface area contributed by atoms with Gasteiger partial charge in [0.25, 0.3) is 0 Å². The number of rotatable bonds is 5. The van der Waals surface area contributed by atoms with Gasteiger partial charge in [-0.15, -0.1) is 0 Å². The molecule has 1 heterocycles. The van der Waals surface area contributed by atoms with Crippen LogP contribution < -0.4 is 10.6 Å². The van der Waals surface area contributed by atoms with E-state index in [1.807, 2.05) is 19.1 Å². The molecule has 92 valence electrons. The Morgan fingerprint density at radius 2 is 2.35 bits per heavy atom. The van der Waals surface area contributed by atoms with Crippen molar-refractivity contribution in [2.75, 3.05) is 0 Å². The molecule has 4 nitrogen and oxygen atoms in total. The molecule has 0 spiro atoms. The van der Waals surface area contributed by atoms with Gasteiger partial charge in [0.15, 0.2) is 0 Å². The molecule has 0 aliphatic carbocycles. The van der Waals surface area contributed by atoms with E-state index in [0.717, 1.165) is 12.1 Å². The first kappa shape index (κ1) is 13.2. The van der Waals surface area contributed by atoms with Crippen molar-refractivity contribution in [2.24, 2.45) is 0 Å². The van der Waals surface area contributed by atoms with Crippen LogP contribution in [0.2, 0.25) is 0 Å². The van der Waals surface area contributed by atoms with Crippen LogP contribution in [0.3, 0.4) is 0 Å². The molecule has 1 saturated heterocycles. The zero-order valence-electron chi connectivity index (χ0n) is 10.0. The summed E-state index contributed by atoms with van der Waals surface area (Å²) in [4.78, 5) is 22.6. The molecular formula is C13H18N2O2. The van der Waals surface area contributed by atoms with Gasteiger partial charge in [-0.25, -0.2) is 0 Å². The lowest BCUT2D eigenvalue weighted by Crippen LogP contribution is -2.50. The average molecular weight is 234 g/mol. The number of amides is 2. The maximum absolute atomic E-state index is 11.6. The number of hydrogen-bond donors (Lipinski definition) is 2. The van der Waals surface area contributed by atoms with Crippen molar-refractivity contribution in [1.82, 2.24) is 10.6 Å². The quantitative estimate of drug-likeness (QED) is 0.558. The van der Waals surface area contributed by atoms with Gasteiger partial charge in [-0.2, -0.15) is 0 Å². The van der Waals surface area contributed by atoms with E-state index in [0.29, 0.717) is 12.8 Å². The molecule has 17 heavy (non-hydrogen) atoms. The first-order valence-electron chi connectivity index (χ1n) is 5.77. The van der Waals surface area contributed by atoms with Crippen molar-refractivity contribution in [3.63, 3.8) is 0 Å². The Balaban J connectivity index is 2.64. The van der Waals surface area contributed by atoms with E-state index < -0.39 is 0 Å². The van der Waals surface area contributed by atoms with E-state index in [4.69, 9.17) is 0 Å². The normalized spacial score (nSPS) is 21.5. The van der Waals surface area contributed by atoms with E-state index in [-0.39, 0.29) is 17.9 Å². The molecule has 0 aromatic heterocycles. The molecule has 0 saturated carbocycles. The molecule has 0 radical (unpaired) electrons. The van der Waals surface area contributed by atoms with Gasteiger partial charge >= 0.3 is 0 Å². The Kier molecular flexibility index (Phi) is 5.20. The Morgan fingerprint density at radius 3 is 2.94 bits per heavy atom. The Labute approximate surface area is 101 Å². The topological polar surface area (TPSA) is 58.2 Å². The minimum absolute atomic E-state index is 0.198. The maximum atomic E-state index is 11.6. The van der Waals surface area contributed by atoms with Crippen molar-refractivity contribution in [1.29, 1.82) is 0 Å². The Morgan fingerprint density at radius 1 is 1.59 bits per heavy atom. The minimum Gasteiger partial charge on any atom is -0.374 e. The molecule has 4 heteroatoms. The van der Waals surface area contributed by atoms with Crippen molar-refractivity contribution in [3.05, 3.63) is 36.6 Å². The first-order chi connectivity index (χ1) is 8.17. The van der Waals surface area contributed by atoms with Gasteiger partial charge in [0.05, 0.1) is 0 Å². The van der Waals surface area contributed by atoms with Crippen LogP contribution in [0.1, 0.15) is 26.2 Å². The number of carbonyl (C=O) groups excluding carboxylic acids is 2. The van der Waals surface area contributed by atoms with Gasteiger partial charge in [-0.05, 0) is 18.9 Å². The number of imide groups is 1. The van der Waals surface area contributed by atoms with Crippen molar-refractivity contribution in [3.8, 4) is 0 Å². The summed E-state index contributed by atoms with van der Waals surface area (Å²) in [5, 5.41) is 5.45. The highest BCUT2D eigenvalue weighted by molar-refractivity contribution is 6.00. The van der Waals surface area contributed by atoms with Crippen LogP contribution in [0.15, 0.2) is 36.6 Å². The van der Waals surface area contributed by atoms with Crippen LogP contribution in [-0.2, 0) is 9.59 Å². The zero-order valence-corrected chi connectivity index (χ0v) is 10.0. The lowest BCUT2D eigenvalue weighted by Gasteiger charge is -2.23. The first-order valence-corrected chi connectivity index (χ1v) is 5.77. The molecule has 1 unspecified atom stereocenters. The van der Waals surface area contributed by atoms with Crippen molar-refractivity contribution < 1.29 is 9.59 Å². The highest BCUT2D eigenvalue weighted by atomic mass is 16.2. The molecule has 0 bridgehead atoms. The van der Waals surface area contributed by atoms with Gasteiger partial charge < -0.3 is 5.32 Å². The third-order valence-corrected chi connectivity index (χ3v) is 2.42. The van der Waals surface area contributed by atoms with Gasteiger partial charge in [-0.1, -0.05) is 31.7 Å². The molecule has 1 fully saturated rings. The van der Waals surface area contributed by atoms with E-state index >= 15 is 0 Å². The lowest BCUT2D eigenvalue weighted by molar-refractivity contribution is -0.134. The molecule has 0 aromatic carbocycles. The summed E-state index contributed by atoms with van der Waals surface area (Å²) in [6.45, 7) is 5.62. The van der Waals surface area contributed by atoms with E-state index in [9.17, 15) is 9.59 Å². The lowest BCUT2D eigenvalue weighted by atomic mass is 10.1. The number of nitrogens with one attached hydrogen (secondary N) is 2. The van der Waals surface area contributed by atoms with Gasteiger partial charge in [0.1, 0.15) is 6.04 Å². The predicted octanol–water partition coefficient (Wildman–Crippen LogP) is 1.42. The highest BCUT2D eigenvalue weighted by Gasteiger charge is 2.26. The predicted molar refractivity (Wildman–Crippen MR) is 67.0 cm³/mol. The molecule has 2 N–H and O–H groups in total. The van der Waals surface area contributed by atoms with Gasteiger partial charge in [-0.3, -0.25) is 14.9 Å². The minimum atomic E-state index is -0.333. The summed E-state index contributed by atoms with van der Waals surface area (Å²) in [6, 6.07) is -0.333. The van der Waals surface area contributed by atoms with Crippen molar-refractivity contribution >= 4 is 11.8 Å². The summed E-state index contributed by atoms with van der Waals surface area (Å²) in [7, 11) is 0. The van der Waals surface area contributed by atoms with E-state index in [2.05, 4.69) is 17.2 Å². The highest BCUT2D eigenvalue weighted by Crippen LogP contribution is 2.07. The second-order valence-corrected chi connectivity index (χ2v) is 3.81. The Bertz CT molecular complexity index is 370. The summed E-state index contributed by atoms with van der Waals surface area (Å²) < 4.78 is 0. The Hall–Kier alpha value is -1.84. The van der Waals surface area contributed by atoms with Crippen LogP contribution in [0.5, 0.6) is 0 Å². The molecule has 2 amide bonds. The fourth-order valence-electron chi connectivity index (χ4n) is 1.60. The number of allylic oxidation sites excluding steroid dienone is 4. The summed E-state index contributed by atoms with van der Waals surface area (Å²) in [5.41, 5.74) is 0.877. The van der Waals surface area contributed by atoms with E-state index in [1.165, 1.54) is 0 Å². The fraction of sp³-hybridized carbons (Fsp3) is 0.385. The summed E-state index contributed by atoms with van der Waals surface area (Å²) in [6.07, 6.45) is 9.12. The van der Waals surface area contributed by atoms with Crippen molar-refractivity contribution in [2.45, 2.75) is 32.2 Å². The van der Waals surface area contributed by atoms with Crippen LogP contribution in [0, 0.1) is 0 Å². The fourth-order valence-corrected chi connectivity index (χ4v) is 1.60. The molecule has 1 aliphatic rings. The monoisotopic (exact) mass is 234 g/mol. The van der Waals surface area contributed by atoms with Crippen LogP contribution in [0.4, 0.5) is 0 Å². The van der Waals surface area contributed by atoms with Crippen LogP contribution >= 0.6 is 0 Å². The molecule has 0 aromatic rings. The molecule has 1 atom stereocenters. The van der Waals surface area contributed by atoms with Crippen LogP contribution in [-0.4, -0.2) is 17.9 Å². The smallest absolute Gasteiger partial charge is 0.249 e. The number of piperidine rings is 1. The maximum Gasteiger partial charge on any atom is 0.249 e. The SMILES string of the molecule is C=C/C=C\C(=C/CC)NC1CCC(=O)NC1=O. The molecule has 1 rings (SSSR count). The number of hydrogen-bond acceptors (Lipinski definition) is 3. The third kappa shape index (κ3) is 4.26. The van der Waals surface area contributed by atoms with Gasteiger partial charge in [0.2, 0.25) is 11.8 Å². The molecular weight excluding hydrogens is 216 g/mol. The number of carbonyl (C=O) groups is 2. The van der Waals surface area contributed by atoms with E-state index in [1.54, 1.807) is 12.2 Å². The second kappa shape index (κ2) is 6.68. The largest absolute Gasteiger partial charge is 0.374 e. The zero-order chi connectivity index (χ0) is 12.7. The summed E-state index contributed by atoms with van der Waals surface area (Å²) in [5.74, 6) is -0.453. The average Bonchev–Trinajstić information content (AvgIpc) is 2.29. The second-order valence-electron chi connectivity index (χ2n) is 3.81. The molecule has 1 aliphatic heterocycles.